The minimum atomic E-state index is -0.267. The molecule has 5 heteroatoms. The van der Waals surface area contributed by atoms with Gasteiger partial charge in [-0.3, -0.25) is 4.79 Å². The molecule has 2 aromatic rings. The Morgan fingerprint density at radius 2 is 1.81 bits per heavy atom. The highest BCUT2D eigenvalue weighted by Gasteiger charge is 2.37. The van der Waals surface area contributed by atoms with Crippen LogP contribution in [0.4, 0.5) is 0 Å². The number of carbonyl (C=O) groups is 1. The van der Waals surface area contributed by atoms with Crippen LogP contribution in [-0.4, -0.2) is 35.7 Å². The SMILES string of the molecule is CSCCC(CO)NC(=O)c1ccc(Cc2cc3c(cc2C)C(C)(C)CCC3(C)C)o1. The van der Waals surface area contributed by atoms with Crippen LogP contribution in [0.5, 0.6) is 0 Å². The molecule has 1 atom stereocenters. The molecule has 170 valence electrons. The van der Waals surface area contributed by atoms with Gasteiger partial charge in [0.1, 0.15) is 5.76 Å². The number of furan rings is 1. The summed E-state index contributed by atoms with van der Waals surface area (Å²) in [5.74, 6) is 1.71. The lowest BCUT2D eigenvalue weighted by molar-refractivity contribution is 0.0885. The van der Waals surface area contributed by atoms with Crippen molar-refractivity contribution in [3.05, 3.63) is 58.0 Å². The van der Waals surface area contributed by atoms with Gasteiger partial charge in [0.2, 0.25) is 0 Å². The van der Waals surface area contributed by atoms with Crippen molar-refractivity contribution in [1.82, 2.24) is 5.32 Å². The first-order valence-corrected chi connectivity index (χ1v) is 12.6. The van der Waals surface area contributed by atoms with Gasteiger partial charge in [0, 0.05) is 6.42 Å². The van der Waals surface area contributed by atoms with Gasteiger partial charge in [-0.25, -0.2) is 0 Å². The highest BCUT2D eigenvalue weighted by molar-refractivity contribution is 7.98. The van der Waals surface area contributed by atoms with Gasteiger partial charge in [-0.2, -0.15) is 11.8 Å². The number of hydrogen-bond donors (Lipinski definition) is 2. The van der Waals surface area contributed by atoms with Crippen molar-refractivity contribution < 1.29 is 14.3 Å². The Labute approximate surface area is 191 Å². The molecule has 1 aromatic heterocycles. The van der Waals surface area contributed by atoms with E-state index in [0.717, 1.165) is 17.9 Å². The van der Waals surface area contributed by atoms with E-state index in [1.165, 1.54) is 35.1 Å². The summed E-state index contributed by atoms with van der Waals surface area (Å²) in [6.07, 6.45) is 5.80. The number of nitrogens with one attached hydrogen (secondary N) is 1. The van der Waals surface area contributed by atoms with Gasteiger partial charge < -0.3 is 14.8 Å². The third-order valence-corrected chi connectivity index (χ3v) is 7.43. The number of rotatable bonds is 8. The summed E-state index contributed by atoms with van der Waals surface area (Å²) in [4.78, 5) is 12.5. The van der Waals surface area contributed by atoms with E-state index < -0.39 is 0 Å². The van der Waals surface area contributed by atoms with Gasteiger partial charge in [-0.05, 0) is 83.4 Å². The summed E-state index contributed by atoms with van der Waals surface area (Å²) in [5, 5.41) is 12.4. The molecular formula is C26H37NO3S. The number of aliphatic hydroxyl groups excluding tert-OH is 1. The first-order chi connectivity index (χ1) is 14.6. The van der Waals surface area contributed by atoms with Gasteiger partial charge in [-0.1, -0.05) is 39.8 Å². The third kappa shape index (κ3) is 5.38. The van der Waals surface area contributed by atoms with Crippen molar-refractivity contribution in [2.45, 2.75) is 77.2 Å². The molecule has 0 aliphatic heterocycles. The molecule has 1 heterocycles. The monoisotopic (exact) mass is 443 g/mol. The highest BCUT2D eigenvalue weighted by atomic mass is 32.2. The fraction of sp³-hybridized carbons (Fsp3) is 0.577. The van der Waals surface area contributed by atoms with Gasteiger partial charge in [-0.15, -0.1) is 0 Å². The van der Waals surface area contributed by atoms with Crippen LogP contribution in [0.25, 0.3) is 0 Å². The van der Waals surface area contributed by atoms with Gasteiger partial charge >= 0.3 is 0 Å². The van der Waals surface area contributed by atoms with E-state index in [4.69, 9.17) is 4.42 Å². The van der Waals surface area contributed by atoms with E-state index in [0.29, 0.717) is 12.2 Å². The average molecular weight is 444 g/mol. The molecule has 0 saturated carbocycles. The number of amides is 1. The van der Waals surface area contributed by atoms with E-state index in [-0.39, 0.29) is 29.4 Å². The molecule has 2 N–H and O–H groups in total. The lowest BCUT2D eigenvalue weighted by Crippen LogP contribution is -2.37. The Morgan fingerprint density at radius 3 is 2.42 bits per heavy atom. The molecule has 0 bridgehead atoms. The number of fused-ring (bicyclic) bond motifs is 1. The molecule has 0 spiro atoms. The molecule has 0 saturated heterocycles. The maximum Gasteiger partial charge on any atom is 0.287 e. The fourth-order valence-electron chi connectivity index (χ4n) is 4.47. The zero-order valence-corrected chi connectivity index (χ0v) is 20.6. The summed E-state index contributed by atoms with van der Waals surface area (Å²) < 4.78 is 5.89. The Hall–Kier alpha value is -1.72. The van der Waals surface area contributed by atoms with E-state index in [1.807, 2.05) is 12.3 Å². The smallest absolute Gasteiger partial charge is 0.287 e. The quantitative estimate of drug-likeness (QED) is 0.576. The Bertz CT molecular complexity index is 929. The molecule has 0 fully saturated rings. The lowest BCUT2D eigenvalue weighted by atomic mass is 9.62. The lowest BCUT2D eigenvalue weighted by Gasteiger charge is -2.42. The van der Waals surface area contributed by atoms with E-state index in [2.05, 4.69) is 52.1 Å². The van der Waals surface area contributed by atoms with Crippen LogP contribution in [-0.2, 0) is 17.3 Å². The van der Waals surface area contributed by atoms with Crippen molar-refractivity contribution in [3.8, 4) is 0 Å². The average Bonchev–Trinajstić information content (AvgIpc) is 3.18. The normalized spacial score (nSPS) is 17.8. The number of aliphatic hydroxyl groups is 1. The molecule has 1 aliphatic carbocycles. The van der Waals surface area contributed by atoms with Crippen molar-refractivity contribution in [1.29, 1.82) is 0 Å². The maximum absolute atomic E-state index is 12.5. The Balaban J connectivity index is 1.79. The summed E-state index contributed by atoms with van der Waals surface area (Å²) in [6.45, 7) is 11.5. The second-order valence-electron chi connectivity index (χ2n) is 10.2. The summed E-state index contributed by atoms with van der Waals surface area (Å²) in [5.41, 5.74) is 5.78. The van der Waals surface area contributed by atoms with Crippen LogP contribution in [0.3, 0.4) is 0 Å². The largest absolute Gasteiger partial charge is 0.456 e. The minimum absolute atomic E-state index is 0.0691. The first-order valence-electron chi connectivity index (χ1n) is 11.2. The molecule has 31 heavy (non-hydrogen) atoms. The molecule has 3 rings (SSSR count). The van der Waals surface area contributed by atoms with Crippen molar-refractivity contribution in [2.24, 2.45) is 0 Å². The molecule has 1 amide bonds. The van der Waals surface area contributed by atoms with Crippen LogP contribution in [0, 0.1) is 6.92 Å². The number of benzene rings is 1. The van der Waals surface area contributed by atoms with Crippen LogP contribution >= 0.6 is 11.8 Å². The molecule has 1 unspecified atom stereocenters. The molecule has 1 aliphatic rings. The van der Waals surface area contributed by atoms with Crippen molar-refractivity contribution in [3.63, 3.8) is 0 Å². The predicted octanol–water partition coefficient (Wildman–Crippen LogP) is 5.37. The van der Waals surface area contributed by atoms with Crippen molar-refractivity contribution in [2.75, 3.05) is 18.6 Å². The third-order valence-electron chi connectivity index (χ3n) is 6.79. The standard InChI is InChI=1S/C26H37NO3S/c1-17-13-21-22(26(4,5)11-10-25(21,2)3)15-18(17)14-20-7-8-23(30-20)24(29)27-19(16-28)9-12-31-6/h7-8,13,15,19,28H,9-12,14,16H2,1-6H3,(H,27,29). The van der Waals surface area contributed by atoms with E-state index >= 15 is 0 Å². The highest BCUT2D eigenvalue weighted by Crippen LogP contribution is 2.46. The summed E-state index contributed by atoms with van der Waals surface area (Å²) in [7, 11) is 0. The predicted molar refractivity (Wildman–Crippen MR) is 129 cm³/mol. The fourth-order valence-corrected chi connectivity index (χ4v) is 4.99. The minimum Gasteiger partial charge on any atom is -0.456 e. The van der Waals surface area contributed by atoms with Crippen LogP contribution in [0.15, 0.2) is 28.7 Å². The van der Waals surface area contributed by atoms with Gasteiger partial charge in [0.05, 0.1) is 12.6 Å². The second-order valence-corrected chi connectivity index (χ2v) is 11.2. The Kier molecular flexibility index (Phi) is 7.27. The zero-order chi connectivity index (χ0) is 22.8. The van der Waals surface area contributed by atoms with E-state index in [9.17, 15) is 9.90 Å². The number of thioether (sulfide) groups is 1. The molecule has 4 nitrogen and oxygen atoms in total. The zero-order valence-electron chi connectivity index (χ0n) is 19.8. The number of carbonyl (C=O) groups excluding carboxylic acids is 1. The second kappa shape index (κ2) is 9.41. The number of hydrogen-bond acceptors (Lipinski definition) is 4. The number of aryl methyl sites for hydroxylation is 1. The van der Waals surface area contributed by atoms with Crippen LogP contribution in [0.2, 0.25) is 0 Å². The first kappa shape index (κ1) is 23.9. The molecular weight excluding hydrogens is 406 g/mol. The van der Waals surface area contributed by atoms with Gasteiger partial charge in [0.15, 0.2) is 5.76 Å². The molecule has 1 aromatic carbocycles. The van der Waals surface area contributed by atoms with E-state index in [1.54, 1.807) is 17.8 Å². The van der Waals surface area contributed by atoms with Gasteiger partial charge in [0.25, 0.3) is 5.91 Å². The maximum atomic E-state index is 12.5. The van der Waals surface area contributed by atoms with Crippen LogP contribution < -0.4 is 5.32 Å². The van der Waals surface area contributed by atoms with Crippen molar-refractivity contribution >= 4 is 17.7 Å². The van der Waals surface area contributed by atoms with Crippen LogP contribution in [0.1, 0.15) is 85.5 Å². The summed E-state index contributed by atoms with van der Waals surface area (Å²) >= 11 is 1.70. The Morgan fingerprint density at radius 1 is 1.16 bits per heavy atom. The molecule has 0 radical (unpaired) electrons. The topological polar surface area (TPSA) is 62.5 Å². The summed E-state index contributed by atoms with van der Waals surface area (Å²) in [6, 6.07) is 8.09.